The summed E-state index contributed by atoms with van der Waals surface area (Å²) in [6.45, 7) is 5.95. The first-order valence-electron chi connectivity index (χ1n) is 9.86. The van der Waals surface area contributed by atoms with Gasteiger partial charge in [-0.1, -0.05) is 43.2 Å². The minimum absolute atomic E-state index is 0.161. The molecule has 1 aromatic carbocycles. The van der Waals surface area contributed by atoms with Crippen LogP contribution in [0.5, 0.6) is 0 Å². The summed E-state index contributed by atoms with van der Waals surface area (Å²) in [5, 5.41) is 5.73. The van der Waals surface area contributed by atoms with Crippen LogP contribution in [0.25, 0.3) is 0 Å². The third kappa shape index (κ3) is 4.29. The van der Waals surface area contributed by atoms with Gasteiger partial charge in [0.05, 0.1) is 6.54 Å². The highest BCUT2D eigenvalue weighted by Gasteiger charge is 2.56. The molecule has 1 saturated heterocycles. The van der Waals surface area contributed by atoms with Gasteiger partial charge in [0.15, 0.2) is 0 Å². The molecule has 7 heteroatoms. The zero-order valence-electron chi connectivity index (χ0n) is 16.8. The fourth-order valence-corrected chi connectivity index (χ4v) is 4.04. The van der Waals surface area contributed by atoms with E-state index in [1.807, 2.05) is 30.3 Å². The summed E-state index contributed by atoms with van der Waals surface area (Å²) < 4.78 is 5.30. The summed E-state index contributed by atoms with van der Waals surface area (Å²) in [5.74, 6) is -0.358. The predicted molar refractivity (Wildman–Crippen MR) is 104 cm³/mol. The molecule has 2 fully saturated rings. The maximum atomic E-state index is 13.3. The summed E-state index contributed by atoms with van der Waals surface area (Å²) in [4.78, 5) is 39.2. The van der Waals surface area contributed by atoms with Gasteiger partial charge < -0.3 is 15.4 Å². The van der Waals surface area contributed by atoms with Gasteiger partial charge >= 0.3 is 12.1 Å². The van der Waals surface area contributed by atoms with Crippen LogP contribution in [0.4, 0.5) is 9.59 Å². The number of nitrogens with zero attached hydrogens (tertiary/aromatic N) is 1. The quantitative estimate of drug-likeness (QED) is 0.777. The third-order valence-electron chi connectivity index (χ3n) is 5.35. The number of alkyl carbamates (subject to hydrolysis) is 1. The number of benzene rings is 1. The largest absolute Gasteiger partial charge is 0.444 e. The molecular weight excluding hydrogens is 358 g/mol. The lowest BCUT2D eigenvalue weighted by molar-refractivity contribution is -0.134. The van der Waals surface area contributed by atoms with Crippen LogP contribution in [0.3, 0.4) is 0 Å². The fraction of sp³-hybridized carbons (Fsp3) is 0.571. The number of amides is 4. The Morgan fingerprint density at radius 3 is 2.64 bits per heavy atom. The number of hydrogen-bond acceptors (Lipinski definition) is 4. The van der Waals surface area contributed by atoms with E-state index in [-0.39, 0.29) is 24.4 Å². The van der Waals surface area contributed by atoms with Crippen molar-refractivity contribution in [2.45, 2.75) is 64.1 Å². The molecule has 4 amide bonds. The van der Waals surface area contributed by atoms with E-state index in [0.717, 1.165) is 24.8 Å². The molecule has 0 radical (unpaired) electrons. The van der Waals surface area contributed by atoms with E-state index >= 15 is 0 Å². The number of ether oxygens (including phenoxy) is 1. The second kappa shape index (κ2) is 7.81. The highest BCUT2D eigenvalue weighted by molar-refractivity contribution is 6.07. The summed E-state index contributed by atoms with van der Waals surface area (Å²) in [5.41, 5.74) is -0.626. The van der Waals surface area contributed by atoms with Gasteiger partial charge in [-0.05, 0) is 39.2 Å². The Labute approximate surface area is 165 Å². The molecule has 1 spiro atoms. The topological polar surface area (TPSA) is 87.7 Å². The van der Waals surface area contributed by atoms with Crippen molar-refractivity contribution in [2.24, 2.45) is 5.92 Å². The second-order valence-corrected chi connectivity index (χ2v) is 8.60. The van der Waals surface area contributed by atoms with Crippen LogP contribution in [-0.2, 0) is 16.1 Å². The molecule has 1 aliphatic carbocycles. The summed E-state index contributed by atoms with van der Waals surface area (Å²) >= 11 is 0. The van der Waals surface area contributed by atoms with Gasteiger partial charge in [-0.25, -0.2) is 9.59 Å². The number of urea groups is 1. The summed E-state index contributed by atoms with van der Waals surface area (Å²) in [6, 6.07) is 9.10. The molecule has 2 unspecified atom stereocenters. The third-order valence-corrected chi connectivity index (χ3v) is 5.35. The van der Waals surface area contributed by atoms with E-state index in [9.17, 15) is 14.4 Å². The molecule has 2 aliphatic rings. The Morgan fingerprint density at radius 1 is 1.25 bits per heavy atom. The van der Waals surface area contributed by atoms with Crippen molar-refractivity contribution in [3.63, 3.8) is 0 Å². The van der Waals surface area contributed by atoms with Crippen molar-refractivity contribution in [1.29, 1.82) is 0 Å². The Morgan fingerprint density at radius 2 is 1.96 bits per heavy atom. The lowest BCUT2D eigenvalue weighted by atomic mass is 9.72. The average molecular weight is 387 g/mol. The number of carbonyl (C=O) groups excluding carboxylic acids is 3. The highest BCUT2D eigenvalue weighted by atomic mass is 16.6. The highest BCUT2D eigenvalue weighted by Crippen LogP contribution is 2.38. The Balaban J connectivity index is 1.71. The molecule has 28 heavy (non-hydrogen) atoms. The van der Waals surface area contributed by atoms with Crippen LogP contribution in [-0.4, -0.2) is 40.6 Å². The zero-order valence-corrected chi connectivity index (χ0v) is 16.8. The Bertz CT molecular complexity index is 744. The van der Waals surface area contributed by atoms with Gasteiger partial charge in [-0.15, -0.1) is 0 Å². The van der Waals surface area contributed by atoms with Gasteiger partial charge in [0.1, 0.15) is 11.1 Å². The molecule has 1 heterocycles. The molecule has 0 aromatic heterocycles. The summed E-state index contributed by atoms with van der Waals surface area (Å²) in [6.07, 6.45) is 2.68. The standard InChI is InChI=1S/C21H29N3O4/c1-20(2,3)28-19(27)22-13-16-11-7-8-12-21(16)17(25)24(18(26)23-21)14-15-9-5-4-6-10-15/h4-6,9-10,16H,7-8,11-14H2,1-3H3,(H,22,27)(H,23,26). The predicted octanol–water partition coefficient (Wildman–Crippen LogP) is 3.19. The van der Waals surface area contributed by atoms with E-state index in [0.29, 0.717) is 13.0 Å². The van der Waals surface area contributed by atoms with E-state index in [1.54, 1.807) is 20.8 Å². The SMILES string of the molecule is CC(C)(C)OC(=O)NCC1CCCCC12NC(=O)N(Cc1ccccc1)C2=O. The average Bonchev–Trinajstić information content (AvgIpc) is 2.85. The number of nitrogens with one attached hydrogen (secondary N) is 2. The minimum atomic E-state index is -0.945. The van der Waals surface area contributed by atoms with Gasteiger partial charge in [-0.2, -0.15) is 0 Å². The second-order valence-electron chi connectivity index (χ2n) is 8.60. The maximum Gasteiger partial charge on any atom is 0.407 e. The first kappa shape index (κ1) is 20.2. The van der Waals surface area contributed by atoms with Crippen LogP contribution in [0, 0.1) is 5.92 Å². The molecule has 3 rings (SSSR count). The Hall–Kier alpha value is -2.57. The smallest absolute Gasteiger partial charge is 0.407 e. The van der Waals surface area contributed by atoms with Crippen LogP contribution in [0.2, 0.25) is 0 Å². The van der Waals surface area contributed by atoms with Gasteiger partial charge in [0.2, 0.25) is 0 Å². The lowest BCUT2D eigenvalue weighted by Crippen LogP contribution is -2.57. The molecular formula is C21H29N3O4. The molecule has 7 nitrogen and oxygen atoms in total. The van der Waals surface area contributed by atoms with Crippen molar-refractivity contribution >= 4 is 18.0 Å². The van der Waals surface area contributed by atoms with Crippen molar-refractivity contribution in [3.05, 3.63) is 35.9 Å². The normalized spacial score (nSPS) is 25.0. The monoisotopic (exact) mass is 387 g/mol. The number of carbonyl (C=O) groups is 3. The fourth-order valence-electron chi connectivity index (χ4n) is 4.04. The molecule has 152 valence electrons. The number of imide groups is 1. The molecule has 1 aromatic rings. The molecule has 2 N–H and O–H groups in total. The number of hydrogen-bond donors (Lipinski definition) is 2. The molecule has 2 atom stereocenters. The molecule has 1 aliphatic heterocycles. The Kier molecular flexibility index (Phi) is 5.63. The minimum Gasteiger partial charge on any atom is -0.444 e. The van der Waals surface area contributed by atoms with Gasteiger partial charge in [0, 0.05) is 12.5 Å². The van der Waals surface area contributed by atoms with Crippen LogP contribution in [0.15, 0.2) is 30.3 Å². The summed E-state index contributed by atoms with van der Waals surface area (Å²) in [7, 11) is 0. The molecule has 1 saturated carbocycles. The van der Waals surface area contributed by atoms with Gasteiger partial charge in [0.25, 0.3) is 5.91 Å². The maximum absolute atomic E-state index is 13.3. The molecule has 0 bridgehead atoms. The van der Waals surface area contributed by atoms with Gasteiger partial charge in [-0.3, -0.25) is 9.69 Å². The van der Waals surface area contributed by atoms with Crippen molar-refractivity contribution < 1.29 is 19.1 Å². The van der Waals surface area contributed by atoms with Crippen molar-refractivity contribution in [3.8, 4) is 0 Å². The van der Waals surface area contributed by atoms with Crippen LogP contribution < -0.4 is 10.6 Å². The van der Waals surface area contributed by atoms with Crippen molar-refractivity contribution in [2.75, 3.05) is 6.54 Å². The van der Waals surface area contributed by atoms with Crippen LogP contribution >= 0.6 is 0 Å². The first-order valence-corrected chi connectivity index (χ1v) is 9.86. The van der Waals surface area contributed by atoms with E-state index < -0.39 is 17.2 Å². The first-order chi connectivity index (χ1) is 13.2. The van der Waals surface area contributed by atoms with E-state index in [1.165, 1.54) is 4.90 Å². The van der Waals surface area contributed by atoms with E-state index in [2.05, 4.69) is 10.6 Å². The zero-order chi connectivity index (χ0) is 20.4. The number of rotatable bonds is 4. The van der Waals surface area contributed by atoms with Crippen molar-refractivity contribution in [1.82, 2.24) is 15.5 Å². The lowest BCUT2D eigenvalue weighted by Gasteiger charge is -2.39. The van der Waals surface area contributed by atoms with Crippen LogP contribution in [0.1, 0.15) is 52.0 Å². The van der Waals surface area contributed by atoms with E-state index in [4.69, 9.17) is 4.74 Å².